The predicted octanol–water partition coefficient (Wildman–Crippen LogP) is 3.39. The lowest BCUT2D eigenvalue weighted by molar-refractivity contribution is -0.120. The zero-order valence-corrected chi connectivity index (χ0v) is 16.6. The Morgan fingerprint density at radius 3 is 2.46 bits per heavy atom. The number of hydrogen-bond donors (Lipinski definition) is 2. The molecule has 3 rings (SSSR count). The molecule has 6 heteroatoms. The van der Waals surface area contributed by atoms with Gasteiger partial charge in [0.05, 0.1) is 5.25 Å². The molecule has 1 saturated carbocycles. The average Bonchev–Trinajstić information content (AvgIpc) is 2.62. The van der Waals surface area contributed by atoms with Crippen molar-refractivity contribution in [2.45, 2.75) is 76.5 Å². The SMILES string of the molecule is CC(C)S(=O)(=O)NC1CCC(C(=O)Nc2cccc3c2CCCC3)CC1. The van der Waals surface area contributed by atoms with Crippen LogP contribution in [0.15, 0.2) is 18.2 Å². The van der Waals surface area contributed by atoms with Crippen molar-refractivity contribution in [3.8, 4) is 0 Å². The summed E-state index contributed by atoms with van der Waals surface area (Å²) >= 11 is 0. The van der Waals surface area contributed by atoms with Gasteiger partial charge in [-0.1, -0.05) is 12.1 Å². The van der Waals surface area contributed by atoms with Crippen LogP contribution in [0.2, 0.25) is 0 Å². The first kappa shape index (κ1) is 19.4. The maximum Gasteiger partial charge on any atom is 0.227 e. The molecular weight excluding hydrogens is 348 g/mol. The van der Waals surface area contributed by atoms with Gasteiger partial charge in [0.25, 0.3) is 0 Å². The lowest BCUT2D eigenvalue weighted by Gasteiger charge is -2.29. The zero-order chi connectivity index (χ0) is 18.7. The van der Waals surface area contributed by atoms with Crippen LogP contribution in [0.5, 0.6) is 0 Å². The molecule has 0 saturated heterocycles. The molecule has 0 aliphatic heterocycles. The van der Waals surface area contributed by atoms with Crippen molar-refractivity contribution in [1.29, 1.82) is 0 Å². The Morgan fingerprint density at radius 1 is 1.08 bits per heavy atom. The fourth-order valence-corrected chi connectivity index (χ4v) is 4.95. The van der Waals surface area contributed by atoms with E-state index in [2.05, 4.69) is 16.1 Å². The van der Waals surface area contributed by atoms with Crippen molar-refractivity contribution in [2.24, 2.45) is 5.92 Å². The van der Waals surface area contributed by atoms with Crippen LogP contribution in [0, 0.1) is 5.92 Å². The van der Waals surface area contributed by atoms with Crippen LogP contribution >= 0.6 is 0 Å². The summed E-state index contributed by atoms with van der Waals surface area (Å²) in [4.78, 5) is 12.7. The molecule has 5 nitrogen and oxygen atoms in total. The third kappa shape index (κ3) is 4.46. The number of sulfonamides is 1. The highest BCUT2D eigenvalue weighted by Crippen LogP contribution is 2.30. The lowest BCUT2D eigenvalue weighted by atomic mass is 9.85. The van der Waals surface area contributed by atoms with Crippen LogP contribution in [-0.4, -0.2) is 25.6 Å². The second kappa shape index (κ2) is 8.09. The van der Waals surface area contributed by atoms with Crippen LogP contribution in [0.25, 0.3) is 0 Å². The van der Waals surface area contributed by atoms with Gasteiger partial charge in [0.15, 0.2) is 0 Å². The van der Waals surface area contributed by atoms with Gasteiger partial charge in [0, 0.05) is 17.6 Å². The minimum Gasteiger partial charge on any atom is -0.326 e. The van der Waals surface area contributed by atoms with Crippen molar-refractivity contribution >= 4 is 21.6 Å². The van der Waals surface area contributed by atoms with Crippen LogP contribution in [0.4, 0.5) is 5.69 Å². The van der Waals surface area contributed by atoms with Crippen LogP contribution < -0.4 is 10.0 Å². The number of hydrogen-bond acceptors (Lipinski definition) is 3. The summed E-state index contributed by atoms with van der Waals surface area (Å²) in [5.41, 5.74) is 3.63. The van der Waals surface area contributed by atoms with Gasteiger partial charge in [-0.3, -0.25) is 4.79 Å². The second-order valence-corrected chi connectivity index (χ2v) is 10.2. The van der Waals surface area contributed by atoms with Crippen molar-refractivity contribution in [3.05, 3.63) is 29.3 Å². The van der Waals surface area contributed by atoms with Crippen molar-refractivity contribution in [1.82, 2.24) is 4.72 Å². The maximum absolute atomic E-state index is 12.7. The molecule has 0 spiro atoms. The van der Waals surface area contributed by atoms with Gasteiger partial charge in [-0.25, -0.2) is 13.1 Å². The first-order valence-corrected chi connectivity index (χ1v) is 11.3. The molecule has 2 aliphatic carbocycles. The Bertz CT molecular complexity index is 750. The molecule has 0 unspecified atom stereocenters. The van der Waals surface area contributed by atoms with Gasteiger partial charge in [0.2, 0.25) is 15.9 Å². The number of carbonyl (C=O) groups excluding carboxylic acids is 1. The fraction of sp³-hybridized carbons (Fsp3) is 0.650. The lowest BCUT2D eigenvalue weighted by Crippen LogP contribution is -2.42. The van der Waals surface area contributed by atoms with E-state index in [1.807, 2.05) is 12.1 Å². The monoisotopic (exact) mass is 378 g/mol. The Morgan fingerprint density at radius 2 is 1.77 bits per heavy atom. The van der Waals surface area contributed by atoms with Gasteiger partial charge in [-0.05, 0) is 82.4 Å². The molecule has 0 heterocycles. The van der Waals surface area contributed by atoms with E-state index in [0.29, 0.717) is 0 Å². The standard InChI is InChI=1S/C20H30N2O3S/c1-14(2)26(24,25)22-17-12-10-16(11-13-17)20(23)21-19-9-5-7-15-6-3-4-8-18(15)19/h5,7,9,14,16-17,22H,3-4,6,8,10-13H2,1-2H3,(H,21,23). The van der Waals surface area contributed by atoms with E-state index in [1.165, 1.54) is 24.0 Å². The normalized spacial score (nSPS) is 23.5. The van der Waals surface area contributed by atoms with Crippen LogP contribution in [0.1, 0.15) is 63.5 Å². The first-order valence-electron chi connectivity index (χ1n) is 9.79. The summed E-state index contributed by atoms with van der Waals surface area (Å²) < 4.78 is 26.8. The first-order chi connectivity index (χ1) is 12.4. The third-order valence-electron chi connectivity index (χ3n) is 5.70. The van der Waals surface area contributed by atoms with E-state index >= 15 is 0 Å². The van der Waals surface area contributed by atoms with Crippen molar-refractivity contribution in [3.63, 3.8) is 0 Å². The van der Waals surface area contributed by atoms with E-state index in [9.17, 15) is 13.2 Å². The molecule has 1 fully saturated rings. The number of benzene rings is 1. The molecule has 1 aromatic rings. The largest absolute Gasteiger partial charge is 0.326 e. The molecule has 0 bridgehead atoms. The number of amides is 1. The molecule has 1 amide bonds. The Balaban J connectivity index is 1.56. The molecule has 144 valence electrons. The van der Waals surface area contributed by atoms with Crippen molar-refractivity contribution < 1.29 is 13.2 Å². The summed E-state index contributed by atoms with van der Waals surface area (Å²) in [5.74, 6) is 0.0448. The zero-order valence-electron chi connectivity index (χ0n) is 15.8. The fourth-order valence-electron chi connectivity index (χ4n) is 3.98. The highest BCUT2D eigenvalue weighted by Gasteiger charge is 2.30. The van der Waals surface area contributed by atoms with Crippen LogP contribution in [-0.2, 0) is 27.7 Å². The van der Waals surface area contributed by atoms with Gasteiger partial charge in [-0.2, -0.15) is 0 Å². The van der Waals surface area contributed by atoms with E-state index in [1.54, 1.807) is 13.8 Å². The Labute approximate surface area is 157 Å². The molecule has 0 radical (unpaired) electrons. The van der Waals surface area contributed by atoms with E-state index in [0.717, 1.165) is 44.2 Å². The summed E-state index contributed by atoms with van der Waals surface area (Å²) in [7, 11) is -3.24. The smallest absolute Gasteiger partial charge is 0.227 e. The molecule has 0 aromatic heterocycles. The second-order valence-electron chi connectivity index (χ2n) is 7.90. The van der Waals surface area contributed by atoms with Gasteiger partial charge in [0.1, 0.15) is 0 Å². The number of carbonyl (C=O) groups is 1. The average molecular weight is 379 g/mol. The maximum atomic E-state index is 12.7. The van der Waals surface area contributed by atoms with Crippen LogP contribution in [0.3, 0.4) is 0 Å². The van der Waals surface area contributed by atoms with Crippen molar-refractivity contribution in [2.75, 3.05) is 5.32 Å². The Hall–Kier alpha value is -1.40. The number of fused-ring (bicyclic) bond motifs is 1. The third-order valence-corrected chi connectivity index (χ3v) is 7.61. The van der Waals surface area contributed by atoms with E-state index < -0.39 is 15.3 Å². The van der Waals surface area contributed by atoms with Gasteiger partial charge >= 0.3 is 0 Å². The predicted molar refractivity (Wildman–Crippen MR) is 105 cm³/mol. The topological polar surface area (TPSA) is 75.3 Å². The molecule has 26 heavy (non-hydrogen) atoms. The molecule has 1 aromatic carbocycles. The van der Waals surface area contributed by atoms with E-state index in [4.69, 9.17) is 0 Å². The van der Waals surface area contributed by atoms with E-state index in [-0.39, 0.29) is 17.9 Å². The highest BCUT2D eigenvalue weighted by atomic mass is 32.2. The number of anilines is 1. The summed E-state index contributed by atoms with van der Waals surface area (Å²) in [6.07, 6.45) is 7.43. The van der Waals surface area contributed by atoms with Gasteiger partial charge < -0.3 is 5.32 Å². The molecule has 2 N–H and O–H groups in total. The number of rotatable bonds is 5. The summed E-state index contributed by atoms with van der Waals surface area (Å²) in [6.45, 7) is 3.36. The number of aryl methyl sites for hydroxylation is 1. The van der Waals surface area contributed by atoms with Gasteiger partial charge in [-0.15, -0.1) is 0 Å². The minimum atomic E-state index is -3.24. The quantitative estimate of drug-likeness (QED) is 0.825. The molecular formula is C20H30N2O3S. The molecule has 2 aliphatic rings. The minimum absolute atomic E-state index is 0.0331. The highest BCUT2D eigenvalue weighted by molar-refractivity contribution is 7.90. The summed E-state index contributed by atoms with van der Waals surface area (Å²) in [5, 5.41) is 2.72. The number of nitrogens with one attached hydrogen (secondary N) is 2. The molecule has 0 atom stereocenters. The summed E-state index contributed by atoms with van der Waals surface area (Å²) in [6, 6.07) is 6.15. The Kier molecular flexibility index (Phi) is 6.03.